The predicted octanol–water partition coefficient (Wildman–Crippen LogP) is 5.37. The maximum absolute atomic E-state index is 4.72. The van der Waals surface area contributed by atoms with Gasteiger partial charge in [0.25, 0.3) is 0 Å². The van der Waals surface area contributed by atoms with Gasteiger partial charge in [0.15, 0.2) is 0 Å². The van der Waals surface area contributed by atoms with E-state index in [0.29, 0.717) is 0 Å². The van der Waals surface area contributed by atoms with Crippen molar-refractivity contribution in [2.45, 2.75) is 6.04 Å². The van der Waals surface area contributed by atoms with Crippen molar-refractivity contribution in [1.82, 2.24) is 9.97 Å². The van der Waals surface area contributed by atoms with Crippen LogP contribution in [0, 0.1) is 0 Å². The molecule has 0 amide bonds. The van der Waals surface area contributed by atoms with Crippen molar-refractivity contribution in [2.75, 3.05) is 4.90 Å². The first-order valence-electron chi connectivity index (χ1n) is 8.81. The van der Waals surface area contributed by atoms with Gasteiger partial charge in [-0.25, -0.2) is 0 Å². The van der Waals surface area contributed by atoms with Crippen LogP contribution in [-0.2, 0) is 0 Å². The van der Waals surface area contributed by atoms with E-state index in [1.807, 2.05) is 24.5 Å². The lowest BCUT2D eigenvalue weighted by atomic mass is 9.81. The molecule has 0 saturated carbocycles. The van der Waals surface area contributed by atoms with Gasteiger partial charge < -0.3 is 4.90 Å². The lowest BCUT2D eigenvalue weighted by molar-refractivity contribution is 0.794. The van der Waals surface area contributed by atoms with Gasteiger partial charge in [0.1, 0.15) is 0 Å². The smallest absolute Gasteiger partial charge is 0.0942 e. The van der Waals surface area contributed by atoms with Crippen LogP contribution in [0.25, 0.3) is 22.5 Å². The highest BCUT2D eigenvalue weighted by Crippen LogP contribution is 2.55. The van der Waals surface area contributed by atoms with Crippen molar-refractivity contribution < 1.29 is 0 Å². The molecule has 122 valence electrons. The number of pyridine rings is 2. The number of nitrogens with zero attached hydrogens (tertiary/aromatic N) is 3. The average Bonchev–Trinajstić information content (AvgIpc) is 2.73. The van der Waals surface area contributed by atoms with Crippen LogP contribution in [0.5, 0.6) is 0 Å². The fourth-order valence-corrected chi connectivity index (χ4v) is 4.35. The quantitative estimate of drug-likeness (QED) is 0.433. The number of benzene rings is 2. The van der Waals surface area contributed by atoms with E-state index in [1.54, 1.807) is 0 Å². The first-order valence-corrected chi connectivity index (χ1v) is 8.81. The minimum atomic E-state index is 0.135. The Labute approximate surface area is 151 Å². The zero-order valence-corrected chi connectivity index (χ0v) is 14.0. The van der Waals surface area contributed by atoms with Crippen LogP contribution in [0.4, 0.5) is 11.4 Å². The molecule has 3 nitrogen and oxygen atoms in total. The second kappa shape index (κ2) is 5.02. The largest absolute Gasteiger partial charge is 0.326 e. The Morgan fingerprint density at radius 2 is 1.08 bits per heavy atom. The van der Waals surface area contributed by atoms with Crippen LogP contribution in [0.3, 0.4) is 0 Å². The standard InChI is InChI=1S/C23H15N3/c1-3-9-17-15(7-1)21-19(11-5-13-24-21)26-20-12-6-14-25-22(20)16-8-2-4-10-18(16)23(17)26/h1-14,23H. The lowest BCUT2D eigenvalue weighted by Gasteiger charge is -2.43. The van der Waals surface area contributed by atoms with E-state index in [9.17, 15) is 0 Å². The number of hydrogen-bond acceptors (Lipinski definition) is 3. The molecule has 0 bridgehead atoms. The maximum atomic E-state index is 4.72. The van der Waals surface area contributed by atoms with E-state index in [-0.39, 0.29) is 6.04 Å². The van der Waals surface area contributed by atoms with Gasteiger partial charge in [-0.2, -0.15) is 0 Å². The molecule has 4 aromatic rings. The number of hydrogen-bond donors (Lipinski definition) is 0. The second-order valence-electron chi connectivity index (χ2n) is 6.69. The normalized spacial score (nSPS) is 13.9. The van der Waals surface area contributed by atoms with E-state index in [2.05, 4.69) is 65.6 Å². The van der Waals surface area contributed by atoms with E-state index >= 15 is 0 Å². The molecule has 0 unspecified atom stereocenters. The topological polar surface area (TPSA) is 29.0 Å². The molecule has 6 rings (SSSR count). The van der Waals surface area contributed by atoms with Gasteiger partial charge in [-0.1, -0.05) is 48.5 Å². The highest BCUT2D eigenvalue weighted by Gasteiger charge is 2.39. The summed E-state index contributed by atoms with van der Waals surface area (Å²) >= 11 is 0. The number of aromatic nitrogens is 2. The summed E-state index contributed by atoms with van der Waals surface area (Å²) in [5.74, 6) is 0. The van der Waals surface area contributed by atoms with Crippen LogP contribution in [-0.4, -0.2) is 9.97 Å². The Morgan fingerprint density at radius 1 is 0.577 bits per heavy atom. The molecule has 2 aromatic carbocycles. The van der Waals surface area contributed by atoms with Gasteiger partial charge in [-0.15, -0.1) is 0 Å². The molecule has 0 fully saturated rings. The fraction of sp³-hybridized carbons (Fsp3) is 0.0435. The summed E-state index contributed by atoms with van der Waals surface area (Å²) in [5.41, 5.74) is 9.36. The summed E-state index contributed by atoms with van der Waals surface area (Å²) in [6.45, 7) is 0. The molecule has 0 aliphatic carbocycles. The third-order valence-electron chi connectivity index (χ3n) is 5.37. The molecule has 3 heteroatoms. The number of rotatable bonds is 0. The van der Waals surface area contributed by atoms with Crippen LogP contribution in [0.15, 0.2) is 85.2 Å². The molecular formula is C23H15N3. The summed E-state index contributed by atoms with van der Waals surface area (Å²) in [7, 11) is 0. The van der Waals surface area contributed by atoms with Gasteiger partial charge >= 0.3 is 0 Å². The first kappa shape index (κ1) is 13.8. The SMILES string of the molecule is c1ccc2c(c1)-c1ncccc1N1c3cccnc3-c3ccccc3C21. The Kier molecular flexibility index (Phi) is 2.66. The zero-order chi connectivity index (χ0) is 17.1. The maximum Gasteiger partial charge on any atom is 0.0942 e. The predicted molar refractivity (Wildman–Crippen MR) is 103 cm³/mol. The van der Waals surface area contributed by atoms with Crippen molar-refractivity contribution in [3.63, 3.8) is 0 Å². The molecule has 26 heavy (non-hydrogen) atoms. The Hall–Kier alpha value is -3.46. The highest BCUT2D eigenvalue weighted by atomic mass is 15.2. The Bertz CT molecular complexity index is 981. The highest BCUT2D eigenvalue weighted by molar-refractivity contribution is 5.94. The van der Waals surface area contributed by atoms with Crippen LogP contribution >= 0.6 is 0 Å². The molecule has 4 heterocycles. The fourth-order valence-electron chi connectivity index (χ4n) is 4.35. The lowest BCUT2D eigenvalue weighted by Crippen LogP contribution is -2.32. The molecule has 0 spiro atoms. The van der Waals surface area contributed by atoms with Gasteiger partial charge in [-0.3, -0.25) is 9.97 Å². The molecule has 0 saturated heterocycles. The molecule has 2 aromatic heterocycles. The van der Waals surface area contributed by atoms with Gasteiger partial charge in [-0.05, 0) is 35.4 Å². The molecular weight excluding hydrogens is 318 g/mol. The number of anilines is 2. The van der Waals surface area contributed by atoms with Crippen molar-refractivity contribution in [1.29, 1.82) is 0 Å². The Balaban J connectivity index is 1.77. The summed E-state index contributed by atoms with van der Waals surface area (Å²) in [4.78, 5) is 11.8. The molecule has 0 radical (unpaired) electrons. The number of fused-ring (bicyclic) bond motifs is 11. The van der Waals surface area contributed by atoms with E-state index in [1.165, 1.54) is 22.3 Å². The molecule has 0 atom stereocenters. The van der Waals surface area contributed by atoms with Crippen molar-refractivity contribution in [3.8, 4) is 22.5 Å². The van der Waals surface area contributed by atoms with Gasteiger partial charge in [0.2, 0.25) is 0 Å². The third-order valence-corrected chi connectivity index (χ3v) is 5.37. The summed E-state index contributed by atoms with van der Waals surface area (Å²) in [6.07, 6.45) is 3.75. The van der Waals surface area contributed by atoms with Crippen molar-refractivity contribution >= 4 is 11.4 Å². The van der Waals surface area contributed by atoms with E-state index < -0.39 is 0 Å². The Morgan fingerprint density at radius 3 is 1.62 bits per heavy atom. The first-order chi connectivity index (χ1) is 12.9. The zero-order valence-electron chi connectivity index (χ0n) is 14.0. The summed E-state index contributed by atoms with van der Waals surface area (Å²) in [6, 6.07) is 25.7. The van der Waals surface area contributed by atoms with Crippen molar-refractivity contribution in [2.24, 2.45) is 0 Å². The molecule has 0 N–H and O–H groups in total. The third kappa shape index (κ3) is 1.67. The monoisotopic (exact) mass is 333 g/mol. The minimum absolute atomic E-state index is 0.135. The summed E-state index contributed by atoms with van der Waals surface area (Å²) < 4.78 is 0. The van der Waals surface area contributed by atoms with Crippen molar-refractivity contribution in [3.05, 3.63) is 96.3 Å². The molecule has 2 aliphatic rings. The minimum Gasteiger partial charge on any atom is -0.326 e. The van der Waals surface area contributed by atoms with E-state index in [4.69, 9.17) is 9.97 Å². The second-order valence-corrected chi connectivity index (χ2v) is 6.69. The van der Waals surface area contributed by atoms with Gasteiger partial charge in [0, 0.05) is 23.5 Å². The average molecular weight is 333 g/mol. The van der Waals surface area contributed by atoms with Crippen LogP contribution in [0.2, 0.25) is 0 Å². The van der Waals surface area contributed by atoms with Gasteiger partial charge in [0.05, 0.1) is 28.8 Å². The summed E-state index contributed by atoms with van der Waals surface area (Å²) in [5, 5.41) is 0. The van der Waals surface area contributed by atoms with E-state index in [0.717, 1.165) is 22.8 Å². The van der Waals surface area contributed by atoms with Crippen LogP contribution < -0.4 is 4.90 Å². The molecule has 2 aliphatic heterocycles. The van der Waals surface area contributed by atoms with Crippen LogP contribution in [0.1, 0.15) is 17.2 Å².